The van der Waals surface area contributed by atoms with Crippen molar-refractivity contribution in [2.75, 3.05) is 13.1 Å². The second-order valence-electron chi connectivity index (χ2n) is 7.68. The third-order valence-corrected chi connectivity index (χ3v) is 7.49. The van der Waals surface area contributed by atoms with Gasteiger partial charge in [-0.15, -0.1) is 0 Å². The minimum absolute atomic E-state index is 0.0364. The summed E-state index contributed by atoms with van der Waals surface area (Å²) < 4.78 is 34.8. The smallest absolute Gasteiger partial charge is 0.248 e. The molecule has 29 heavy (non-hydrogen) atoms. The number of nitrogens with zero attached hydrogens (tertiary/aromatic N) is 5. The van der Waals surface area contributed by atoms with E-state index in [1.54, 1.807) is 22.8 Å². The lowest BCUT2D eigenvalue weighted by molar-refractivity contribution is 0.312. The molecule has 154 valence electrons. The number of sulfonamides is 1. The molecular weight excluding hydrogens is 390 g/mol. The average molecular weight is 416 g/mol. The van der Waals surface area contributed by atoms with Gasteiger partial charge < -0.3 is 4.52 Å². The number of aromatic nitrogens is 4. The standard InChI is InChI=1S/C20H25N5O3S/c1-13-8-17(18-10-21-24(4)11-18)9-19(22-13)16-6-5-7-25(12-16)29(26,27)20-14(2)23-28-15(20)3/h8-11,16H,5-7,12H2,1-4H3. The minimum Gasteiger partial charge on any atom is -0.360 e. The second-order valence-corrected chi connectivity index (χ2v) is 9.56. The van der Waals surface area contributed by atoms with E-state index in [0.717, 1.165) is 35.4 Å². The van der Waals surface area contributed by atoms with Crippen molar-refractivity contribution in [3.63, 3.8) is 0 Å². The lowest BCUT2D eigenvalue weighted by Crippen LogP contribution is -2.39. The first-order valence-electron chi connectivity index (χ1n) is 9.66. The first-order chi connectivity index (χ1) is 13.8. The van der Waals surface area contributed by atoms with Gasteiger partial charge in [0, 0.05) is 49.2 Å². The van der Waals surface area contributed by atoms with Gasteiger partial charge in [-0.3, -0.25) is 9.67 Å². The van der Waals surface area contributed by atoms with Gasteiger partial charge in [0.15, 0.2) is 5.76 Å². The van der Waals surface area contributed by atoms with Crippen molar-refractivity contribution >= 4 is 10.0 Å². The van der Waals surface area contributed by atoms with Crippen LogP contribution in [0.5, 0.6) is 0 Å². The maximum absolute atomic E-state index is 13.2. The number of pyridine rings is 1. The molecule has 4 rings (SSSR count). The van der Waals surface area contributed by atoms with E-state index in [1.165, 1.54) is 0 Å². The molecule has 4 heterocycles. The molecule has 0 saturated carbocycles. The molecule has 1 aliphatic heterocycles. The summed E-state index contributed by atoms with van der Waals surface area (Å²) in [5.74, 6) is 0.367. The van der Waals surface area contributed by atoms with Crippen molar-refractivity contribution in [1.29, 1.82) is 0 Å². The summed E-state index contributed by atoms with van der Waals surface area (Å²) in [6.45, 7) is 6.15. The predicted octanol–water partition coefficient (Wildman–Crippen LogP) is 2.96. The summed E-state index contributed by atoms with van der Waals surface area (Å²) in [4.78, 5) is 4.91. The Morgan fingerprint density at radius 3 is 2.62 bits per heavy atom. The van der Waals surface area contributed by atoms with Crippen LogP contribution in [-0.4, -0.2) is 45.7 Å². The summed E-state index contributed by atoms with van der Waals surface area (Å²) in [6, 6.07) is 4.09. The Morgan fingerprint density at radius 1 is 1.17 bits per heavy atom. The Morgan fingerprint density at radius 2 is 1.97 bits per heavy atom. The molecule has 1 unspecified atom stereocenters. The molecule has 0 aromatic carbocycles. The summed E-state index contributed by atoms with van der Waals surface area (Å²) in [7, 11) is -1.77. The van der Waals surface area contributed by atoms with Crippen molar-refractivity contribution in [3.8, 4) is 11.1 Å². The Kier molecular flexibility index (Phi) is 5.04. The fraction of sp³-hybridized carbons (Fsp3) is 0.450. The maximum Gasteiger partial charge on any atom is 0.248 e. The Hall–Kier alpha value is -2.52. The van der Waals surface area contributed by atoms with Crippen LogP contribution in [0.2, 0.25) is 0 Å². The summed E-state index contributed by atoms with van der Waals surface area (Å²) in [6.07, 6.45) is 5.48. The van der Waals surface area contributed by atoms with Gasteiger partial charge in [-0.1, -0.05) is 5.16 Å². The molecule has 1 aliphatic rings. The third-order valence-electron chi connectivity index (χ3n) is 5.38. The highest BCUT2D eigenvalue weighted by Crippen LogP contribution is 2.33. The van der Waals surface area contributed by atoms with Crippen molar-refractivity contribution in [2.24, 2.45) is 7.05 Å². The average Bonchev–Trinajstić information content (AvgIpc) is 3.27. The summed E-state index contributed by atoms with van der Waals surface area (Å²) >= 11 is 0. The Labute approximate surface area is 170 Å². The zero-order chi connectivity index (χ0) is 20.8. The lowest BCUT2D eigenvalue weighted by Gasteiger charge is -2.31. The fourth-order valence-electron chi connectivity index (χ4n) is 4.01. The highest BCUT2D eigenvalue weighted by Gasteiger charge is 2.35. The number of rotatable bonds is 4. The molecule has 9 heteroatoms. The van der Waals surface area contributed by atoms with E-state index >= 15 is 0 Å². The van der Waals surface area contributed by atoms with Gasteiger partial charge in [0.1, 0.15) is 10.6 Å². The predicted molar refractivity (Wildman–Crippen MR) is 108 cm³/mol. The van der Waals surface area contributed by atoms with Crippen molar-refractivity contribution in [2.45, 2.75) is 44.4 Å². The summed E-state index contributed by atoms with van der Waals surface area (Å²) in [5, 5.41) is 8.06. The zero-order valence-electron chi connectivity index (χ0n) is 17.1. The van der Waals surface area contributed by atoms with E-state index in [2.05, 4.69) is 16.3 Å². The van der Waals surface area contributed by atoms with Gasteiger partial charge in [-0.05, 0) is 51.3 Å². The summed E-state index contributed by atoms with van der Waals surface area (Å²) in [5.41, 5.74) is 4.30. The fourth-order valence-corrected chi connectivity index (χ4v) is 5.83. The van der Waals surface area contributed by atoms with E-state index in [1.807, 2.05) is 32.4 Å². The van der Waals surface area contributed by atoms with Crippen molar-refractivity contribution in [1.82, 2.24) is 24.2 Å². The van der Waals surface area contributed by atoms with Gasteiger partial charge >= 0.3 is 0 Å². The van der Waals surface area contributed by atoms with E-state index in [0.29, 0.717) is 24.5 Å². The monoisotopic (exact) mass is 415 g/mol. The number of hydrogen-bond donors (Lipinski definition) is 0. The number of hydrogen-bond acceptors (Lipinski definition) is 6. The third kappa shape index (κ3) is 3.72. The van der Waals surface area contributed by atoms with Crippen LogP contribution in [0, 0.1) is 20.8 Å². The van der Waals surface area contributed by atoms with Gasteiger partial charge in [0.05, 0.1) is 6.20 Å². The van der Waals surface area contributed by atoms with Crippen LogP contribution in [0.4, 0.5) is 0 Å². The van der Waals surface area contributed by atoms with Gasteiger partial charge in [0.2, 0.25) is 10.0 Å². The second kappa shape index (κ2) is 7.38. The Bertz CT molecular complexity index is 1130. The van der Waals surface area contributed by atoms with Gasteiger partial charge in [-0.2, -0.15) is 9.40 Å². The van der Waals surface area contributed by atoms with Gasteiger partial charge in [-0.25, -0.2) is 8.42 Å². The largest absolute Gasteiger partial charge is 0.360 e. The van der Waals surface area contributed by atoms with Crippen LogP contribution in [0.3, 0.4) is 0 Å². The molecule has 0 aliphatic carbocycles. The highest BCUT2D eigenvalue weighted by molar-refractivity contribution is 7.89. The maximum atomic E-state index is 13.2. The van der Waals surface area contributed by atoms with E-state index in [-0.39, 0.29) is 10.8 Å². The lowest BCUT2D eigenvalue weighted by atomic mass is 9.93. The van der Waals surface area contributed by atoms with E-state index in [4.69, 9.17) is 9.51 Å². The normalized spacial score (nSPS) is 18.3. The van der Waals surface area contributed by atoms with Crippen LogP contribution in [-0.2, 0) is 17.1 Å². The van der Waals surface area contributed by atoms with Crippen LogP contribution < -0.4 is 0 Å². The molecular formula is C20H25N5O3S. The molecule has 3 aromatic rings. The molecule has 1 atom stereocenters. The molecule has 8 nitrogen and oxygen atoms in total. The number of piperidine rings is 1. The molecule has 0 spiro atoms. The molecule has 0 radical (unpaired) electrons. The minimum atomic E-state index is -3.65. The quantitative estimate of drug-likeness (QED) is 0.650. The molecule has 3 aromatic heterocycles. The molecule has 1 fully saturated rings. The SMILES string of the molecule is Cc1cc(-c2cnn(C)c2)cc(C2CCCN(S(=O)(=O)c3c(C)noc3C)C2)n1. The molecule has 0 amide bonds. The van der Waals surface area contributed by atoms with Crippen LogP contribution in [0.15, 0.2) is 33.9 Å². The zero-order valence-corrected chi connectivity index (χ0v) is 17.9. The molecule has 0 bridgehead atoms. The highest BCUT2D eigenvalue weighted by atomic mass is 32.2. The topological polar surface area (TPSA) is 94.1 Å². The molecule has 0 N–H and O–H groups in total. The van der Waals surface area contributed by atoms with Gasteiger partial charge in [0.25, 0.3) is 0 Å². The first-order valence-corrected chi connectivity index (χ1v) is 11.1. The van der Waals surface area contributed by atoms with Crippen molar-refractivity contribution < 1.29 is 12.9 Å². The first kappa shape index (κ1) is 19.8. The van der Waals surface area contributed by atoms with Crippen molar-refractivity contribution in [3.05, 3.63) is 47.4 Å². The van der Waals surface area contributed by atoms with E-state index < -0.39 is 10.0 Å². The van der Waals surface area contributed by atoms with Crippen LogP contribution in [0.25, 0.3) is 11.1 Å². The Balaban J connectivity index is 1.65. The van der Waals surface area contributed by atoms with Crippen LogP contribution >= 0.6 is 0 Å². The van der Waals surface area contributed by atoms with Crippen LogP contribution in [0.1, 0.15) is 41.6 Å². The van der Waals surface area contributed by atoms with E-state index in [9.17, 15) is 8.42 Å². The molecule has 1 saturated heterocycles. The number of aryl methyl sites for hydroxylation is 4.